The van der Waals surface area contributed by atoms with E-state index in [4.69, 9.17) is 15.4 Å². The number of hydrogen-bond donors (Lipinski definition) is 0. The average molecular weight is 657 g/mol. The van der Waals surface area contributed by atoms with Crippen LogP contribution < -0.4 is 0 Å². The maximum Gasteiger partial charge on any atom is 0.201 e. The molecule has 0 radical (unpaired) electrons. The second-order valence-corrected chi connectivity index (χ2v) is 28.3. The smallest absolute Gasteiger partial charge is 0.201 e. The summed E-state index contributed by atoms with van der Waals surface area (Å²) in [4.78, 5) is 11.8. The highest BCUT2D eigenvalue weighted by atomic mass is 28.4. The van der Waals surface area contributed by atoms with Crippen LogP contribution in [0, 0.1) is 23.2 Å². The van der Waals surface area contributed by atoms with Crippen molar-refractivity contribution in [2.45, 2.75) is 187 Å². The number of carbonyl (C=O) groups is 1. The van der Waals surface area contributed by atoms with Gasteiger partial charge < -0.3 is 13.6 Å². The molecule has 0 aromatic rings. The third-order valence-corrected chi connectivity index (χ3v) is 25.5. The highest BCUT2D eigenvalue weighted by Crippen LogP contribution is 2.59. The molecule has 3 aliphatic carbocycles. The van der Waals surface area contributed by atoms with Gasteiger partial charge in [-0.25, -0.2) is 0 Å². The standard InChI is InChI=1S/C40H72O3Si2/c1-26(2)44(27(3)4,28(5)6)42-36-23-35(33(14)39(24-36)43-45(29(7)8,30(9)10)31(11)12)19-18-34-17-16-22-40(15)37(32(13)25-41)20-21-38(34)40/h18-19,25-32,36-39H,14,16-17,20-24H2,1-13,15H3/b34-18?,35-19+/t32-,36+,37+,38-,39-,40+/m0/s1. The van der Waals surface area contributed by atoms with Gasteiger partial charge in [0.15, 0.2) is 0 Å². The molecule has 3 saturated carbocycles. The molecule has 0 aromatic carbocycles. The van der Waals surface area contributed by atoms with E-state index < -0.39 is 16.6 Å². The Morgan fingerprint density at radius 1 is 0.778 bits per heavy atom. The molecule has 0 heterocycles. The summed E-state index contributed by atoms with van der Waals surface area (Å²) in [7, 11) is -4.19. The molecule has 3 aliphatic rings. The monoisotopic (exact) mass is 657 g/mol. The van der Waals surface area contributed by atoms with E-state index in [1.165, 1.54) is 49.5 Å². The van der Waals surface area contributed by atoms with Crippen LogP contribution >= 0.6 is 0 Å². The normalized spacial score (nSPS) is 31.0. The minimum absolute atomic E-state index is 0.00590. The summed E-state index contributed by atoms with van der Waals surface area (Å²) < 4.78 is 15.1. The van der Waals surface area contributed by atoms with Crippen molar-refractivity contribution < 1.29 is 13.6 Å². The fraction of sp³-hybridized carbons (Fsp3) is 0.825. The third kappa shape index (κ3) is 7.32. The lowest BCUT2D eigenvalue weighted by atomic mass is 9.61. The van der Waals surface area contributed by atoms with Gasteiger partial charge in [-0.3, -0.25) is 0 Å². The fourth-order valence-corrected chi connectivity index (χ4v) is 22.4. The van der Waals surface area contributed by atoms with Crippen LogP contribution in [-0.2, 0) is 13.6 Å². The quantitative estimate of drug-likeness (QED) is 0.146. The van der Waals surface area contributed by atoms with Gasteiger partial charge in [0.1, 0.15) is 6.29 Å². The molecule has 0 unspecified atom stereocenters. The second-order valence-electron chi connectivity index (χ2n) is 17.5. The van der Waals surface area contributed by atoms with E-state index in [0.717, 1.165) is 12.8 Å². The first kappa shape index (κ1) is 38.7. The Labute approximate surface area is 281 Å². The van der Waals surface area contributed by atoms with Crippen LogP contribution in [0.15, 0.2) is 35.5 Å². The van der Waals surface area contributed by atoms with E-state index in [2.05, 4.69) is 109 Å². The zero-order valence-electron chi connectivity index (χ0n) is 32.0. The van der Waals surface area contributed by atoms with Gasteiger partial charge >= 0.3 is 0 Å². The van der Waals surface area contributed by atoms with Crippen LogP contribution in [0.3, 0.4) is 0 Å². The highest BCUT2D eigenvalue weighted by Gasteiger charge is 2.52. The predicted molar refractivity (Wildman–Crippen MR) is 200 cm³/mol. The maximum absolute atomic E-state index is 11.8. The Balaban J connectivity index is 2.06. The summed E-state index contributed by atoms with van der Waals surface area (Å²) >= 11 is 0. The van der Waals surface area contributed by atoms with Crippen molar-refractivity contribution >= 4 is 22.9 Å². The first-order valence-electron chi connectivity index (χ1n) is 18.8. The summed E-state index contributed by atoms with van der Waals surface area (Å²) in [6, 6.07) is 0. The Morgan fingerprint density at radius 2 is 1.29 bits per heavy atom. The van der Waals surface area contributed by atoms with Gasteiger partial charge in [-0.1, -0.05) is 121 Å². The summed E-state index contributed by atoms with van der Waals surface area (Å²) in [5.74, 6) is 1.22. The van der Waals surface area contributed by atoms with Gasteiger partial charge in [0.25, 0.3) is 0 Å². The first-order valence-corrected chi connectivity index (χ1v) is 23.1. The van der Waals surface area contributed by atoms with Gasteiger partial charge in [-0.05, 0) is 100 Å². The molecular weight excluding hydrogens is 585 g/mol. The molecule has 0 spiro atoms. The molecule has 0 aromatic heterocycles. The molecule has 0 bridgehead atoms. The van der Waals surface area contributed by atoms with Gasteiger partial charge in [0.05, 0.1) is 12.2 Å². The molecular formula is C40H72O3Si2. The first-order chi connectivity index (χ1) is 20.9. The van der Waals surface area contributed by atoms with Gasteiger partial charge in [-0.15, -0.1) is 0 Å². The molecule has 3 fully saturated rings. The minimum atomic E-state index is -2.12. The van der Waals surface area contributed by atoms with Crippen molar-refractivity contribution in [1.82, 2.24) is 0 Å². The average Bonchev–Trinajstić information content (AvgIpc) is 3.30. The lowest BCUT2D eigenvalue weighted by Gasteiger charge is -2.49. The predicted octanol–water partition coefficient (Wildman–Crippen LogP) is 12.4. The van der Waals surface area contributed by atoms with E-state index in [0.29, 0.717) is 45.1 Å². The van der Waals surface area contributed by atoms with Gasteiger partial charge in [0.2, 0.25) is 16.6 Å². The Morgan fingerprint density at radius 3 is 1.78 bits per heavy atom. The number of rotatable bonds is 13. The van der Waals surface area contributed by atoms with E-state index in [1.54, 1.807) is 5.57 Å². The topological polar surface area (TPSA) is 35.5 Å². The van der Waals surface area contributed by atoms with Crippen LogP contribution in [0.1, 0.15) is 142 Å². The summed E-state index contributed by atoms with van der Waals surface area (Å²) in [5, 5.41) is 0. The summed E-state index contributed by atoms with van der Waals surface area (Å²) in [6.45, 7) is 38.1. The SMILES string of the molecule is C=C1/C(=C/C=C2CCC[C@]3(C)[C@@H]([C@@H](C)C=O)CC[C@@H]23)C[C@@H](O[Si](C(C)C)(C(C)C)C(C)C)C[C@@H]1O[Si](C(C)C)(C(C)C)C(C)C. The second kappa shape index (κ2) is 15.2. The molecule has 3 rings (SSSR count). The zero-order valence-corrected chi connectivity index (χ0v) is 34.0. The van der Waals surface area contributed by atoms with Crippen LogP contribution in [0.25, 0.3) is 0 Å². The number of allylic oxidation sites excluding steroid dienone is 3. The number of aldehydes is 1. The number of hydrogen-bond acceptors (Lipinski definition) is 3. The van der Waals surface area contributed by atoms with E-state index >= 15 is 0 Å². The van der Waals surface area contributed by atoms with Crippen molar-refractivity contribution in [3.05, 3.63) is 35.5 Å². The van der Waals surface area contributed by atoms with Crippen molar-refractivity contribution in [1.29, 1.82) is 0 Å². The van der Waals surface area contributed by atoms with Crippen LogP contribution in [0.2, 0.25) is 33.2 Å². The molecule has 258 valence electrons. The molecule has 0 N–H and O–H groups in total. The minimum Gasteiger partial charge on any atom is -0.413 e. The third-order valence-electron chi connectivity index (χ3n) is 13.2. The van der Waals surface area contributed by atoms with Crippen molar-refractivity contribution in [3.63, 3.8) is 0 Å². The van der Waals surface area contributed by atoms with Crippen molar-refractivity contribution in [2.75, 3.05) is 0 Å². The zero-order chi connectivity index (χ0) is 34.1. The highest BCUT2D eigenvalue weighted by molar-refractivity contribution is 6.78. The molecule has 45 heavy (non-hydrogen) atoms. The Kier molecular flexibility index (Phi) is 13.1. The molecule has 0 amide bonds. The molecule has 0 saturated heterocycles. The van der Waals surface area contributed by atoms with Crippen LogP contribution in [0.5, 0.6) is 0 Å². The summed E-state index contributed by atoms with van der Waals surface area (Å²) in [6.07, 6.45) is 14.1. The van der Waals surface area contributed by atoms with E-state index in [1.807, 2.05) is 0 Å². The van der Waals surface area contributed by atoms with E-state index in [-0.39, 0.29) is 23.5 Å². The van der Waals surface area contributed by atoms with Crippen molar-refractivity contribution in [2.24, 2.45) is 23.2 Å². The fourth-order valence-electron chi connectivity index (χ4n) is 11.2. The van der Waals surface area contributed by atoms with Crippen LogP contribution in [-0.4, -0.2) is 35.1 Å². The van der Waals surface area contributed by atoms with Gasteiger partial charge in [-0.2, -0.15) is 0 Å². The summed E-state index contributed by atoms with van der Waals surface area (Å²) in [5.41, 5.74) is 7.59. The maximum atomic E-state index is 11.8. The molecule has 3 nitrogen and oxygen atoms in total. The number of carbonyl (C=O) groups excluding carboxylic acids is 1. The molecule has 0 aliphatic heterocycles. The lowest BCUT2D eigenvalue weighted by molar-refractivity contribution is -0.113. The van der Waals surface area contributed by atoms with Crippen LogP contribution in [0.4, 0.5) is 0 Å². The van der Waals surface area contributed by atoms with E-state index in [9.17, 15) is 4.79 Å². The molecule has 6 atom stereocenters. The van der Waals surface area contributed by atoms with Crippen molar-refractivity contribution in [3.8, 4) is 0 Å². The molecule has 5 heteroatoms. The largest absolute Gasteiger partial charge is 0.413 e. The Hall–Kier alpha value is -0.756. The van der Waals surface area contributed by atoms with Gasteiger partial charge in [0, 0.05) is 12.3 Å². The Bertz CT molecular complexity index is 1040. The number of fused-ring (bicyclic) bond motifs is 1. The lowest BCUT2D eigenvalue weighted by Crippen LogP contribution is -2.54.